The van der Waals surface area contributed by atoms with E-state index in [1.807, 2.05) is 0 Å². The number of hydrogen-bond acceptors (Lipinski definition) is 3. The Morgan fingerprint density at radius 3 is 2.40 bits per heavy atom. The molecule has 0 bridgehead atoms. The van der Waals surface area contributed by atoms with Crippen LogP contribution in [-0.4, -0.2) is 35.5 Å². The second-order valence-electron chi connectivity index (χ2n) is 6.95. The van der Waals surface area contributed by atoms with Crippen LogP contribution in [0.2, 0.25) is 0 Å². The molecule has 25 heavy (non-hydrogen) atoms. The molecule has 0 N–H and O–H groups in total. The minimum Gasteiger partial charge on any atom is -0.444 e. The van der Waals surface area contributed by atoms with E-state index in [1.54, 1.807) is 20.8 Å². The summed E-state index contributed by atoms with van der Waals surface area (Å²) in [6.45, 7) is 4.99. The van der Waals surface area contributed by atoms with Crippen molar-refractivity contribution in [2.75, 3.05) is 13.1 Å². The van der Waals surface area contributed by atoms with Crippen LogP contribution in [0.4, 0.5) is 22.4 Å². The Labute approximate surface area is 142 Å². The Balaban J connectivity index is 2.15. The first-order valence-electron chi connectivity index (χ1n) is 7.76. The number of ketones is 1. The zero-order valence-electron chi connectivity index (χ0n) is 14.1. The van der Waals surface area contributed by atoms with E-state index < -0.39 is 41.0 Å². The third-order valence-electron chi connectivity index (χ3n) is 3.77. The van der Waals surface area contributed by atoms with Crippen molar-refractivity contribution < 1.29 is 31.9 Å². The topological polar surface area (TPSA) is 46.6 Å². The predicted molar refractivity (Wildman–Crippen MR) is 81.6 cm³/mol. The van der Waals surface area contributed by atoms with Crippen molar-refractivity contribution in [3.05, 3.63) is 35.1 Å². The second-order valence-corrected chi connectivity index (χ2v) is 6.95. The summed E-state index contributed by atoms with van der Waals surface area (Å²) in [6, 6.07) is 2.56. The van der Waals surface area contributed by atoms with Crippen LogP contribution in [0.15, 0.2) is 18.2 Å². The van der Waals surface area contributed by atoms with Crippen LogP contribution in [0.3, 0.4) is 0 Å². The van der Waals surface area contributed by atoms with Crippen LogP contribution < -0.4 is 0 Å². The van der Waals surface area contributed by atoms with Crippen LogP contribution in [0.25, 0.3) is 0 Å². The number of halogens is 4. The van der Waals surface area contributed by atoms with E-state index in [1.165, 1.54) is 11.0 Å². The molecule has 1 aliphatic heterocycles. The summed E-state index contributed by atoms with van der Waals surface area (Å²) in [6.07, 6.45) is -5.32. The Hall–Kier alpha value is -2.12. The van der Waals surface area contributed by atoms with Gasteiger partial charge in [-0.2, -0.15) is 13.2 Å². The van der Waals surface area contributed by atoms with E-state index in [4.69, 9.17) is 4.74 Å². The van der Waals surface area contributed by atoms with Crippen LogP contribution >= 0.6 is 0 Å². The lowest BCUT2D eigenvalue weighted by Crippen LogP contribution is -2.45. The number of benzene rings is 1. The summed E-state index contributed by atoms with van der Waals surface area (Å²) in [7, 11) is 0. The van der Waals surface area contributed by atoms with Crippen LogP contribution in [0, 0.1) is 5.82 Å². The second kappa shape index (κ2) is 6.65. The highest BCUT2D eigenvalue weighted by Gasteiger charge is 2.37. The van der Waals surface area contributed by atoms with Crippen LogP contribution in [0.5, 0.6) is 0 Å². The summed E-state index contributed by atoms with van der Waals surface area (Å²) < 4.78 is 57.0. The average Bonchev–Trinajstić information content (AvgIpc) is 2.45. The van der Waals surface area contributed by atoms with E-state index in [0.717, 1.165) is 0 Å². The molecule has 1 saturated heterocycles. The lowest BCUT2D eigenvalue weighted by atomic mass is 9.87. The van der Waals surface area contributed by atoms with Crippen molar-refractivity contribution in [1.82, 2.24) is 4.90 Å². The third kappa shape index (κ3) is 4.70. The molecule has 2 rings (SSSR count). The van der Waals surface area contributed by atoms with Gasteiger partial charge in [0.05, 0.1) is 12.1 Å². The minimum absolute atomic E-state index is 0.0996. The van der Waals surface area contributed by atoms with Gasteiger partial charge in [-0.3, -0.25) is 4.79 Å². The molecular formula is C17H19F4NO3. The molecule has 1 amide bonds. The number of amides is 1. The van der Waals surface area contributed by atoms with Gasteiger partial charge in [-0.25, -0.2) is 9.18 Å². The molecular weight excluding hydrogens is 342 g/mol. The van der Waals surface area contributed by atoms with Crippen molar-refractivity contribution in [1.29, 1.82) is 0 Å². The first-order valence-corrected chi connectivity index (χ1v) is 7.76. The number of hydrogen-bond donors (Lipinski definition) is 0. The lowest BCUT2D eigenvalue weighted by molar-refractivity contribution is -0.140. The number of piperidine rings is 1. The molecule has 1 heterocycles. The third-order valence-corrected chi connectivity index (χ3v) is 3.77. The highest BCUT2D eigenvalue weighted by molar-refractivity contribution is 5.91. The van der Waals surface area contributed by atoms with Crippen molar-refractivity contribution in [3.63, 3.8) is 0 Å². The molecule has 1 fully saturated rings. The van der Waals surface area contributed by atoms with E-state index in [9.17, 15) is 27.2 Å². The highest BCUT2D eigenvalue weighted by atomic mass is 19.4. The normalized spacial score (nSPS) is 19.1. The fourth-order valence-corrected chi connectivity index (χ4v) is 2.64. The van der Waals surface area contributed by atoms with Gasteiger partial charge >= 0.3 is 12.3 Å². The number of alkyl halides is 3. The SMILES string of the molecule is CC(C)(C)OC(=O)N1CCC(c2ccc(F)c(C(F)(F)F)c2)C(=O)C1. The molecule has 1 aromatic rings. The van der Waals surface area contributed by atoms with Gasteiger partial charge in [0, 0.05) is 12.5 Å². The maximum absolute atomic E-state index is 13.4. The van der Waals surface area contributed by atoms with Crippen molar-refractivity contribution >= 4 is 11.9 Å². The number of ether oxygens (including phenoxy) is 1. The van der Waals surface area contributed by atoms with Crippen molar-refractivity contribution in [2.45, 2.75) is 44.9 Å². The van der Waals surface area contributed by atoms with E-state index in [0.29, 0.717) is 12.1 Å². The quantitative estimate of drug-likeness (QED) is 0.707. The zero-order chi connectivity index (χ0) is 19.0. The molecule has 0 radical (unpaired) electrons. The van der Waals surface area contributed by atoms with Gasteiger partial charge in [0.1, 0.15) is 11.4 Å². The Kier molecular flexibility index (Phi) is 5.11. The van der Waals surface area contributed by atoms with E-state index in [2.05, 4.69) is 0 Å². The molecule has 0 spiro atoms. The van der Waals surface area contributed by atoms with E-state index >= 15 is 0 Å². The number of nitrogens with zero attached hydrogens (tertiary/aromatic N) is 1. The van der Waals surface area contributed by atoms with Crippen LogP contribution in [0.1, 0.15) is 44.2 Å². The molecule has 1 atom stereocenters. The fourth-order valence-electron chi connectivity index (χ4n) is 2.64. The standard InChI is InChI=1S/C17H19F4NO3/c1-16(2,3)25-15(24)22-7-6-11(14(23)9-22)10-4-5-13(18)12(8-10)17(19,20)21/h4-5,8,11H,6-7,9H2,1-3H3. The van der Waals surface area contributed by atoms with Gasteiger partial charge < -0.3 is 9.64 Å². The Bertz CT molecular complexity index is 679. The number of likely N-dealkylation sites (tertiary alicyclic amines) is 1. The highest BCUT2D eigenvalue weighted by Crippen LogP contribution is 2.35. The van der Waals surface area contributed by atoms with Gasteiger partial charge in [-0.1, -0.05) is 6.07 Å². The van der Waals surface area contributed by atoms with Gasteiger partial charge in [0.25, 0.3) is 0 Å². The summed E-state index contributed by atoms with van der Waals surface area (Å²) in [5.74, 6) is -2.59. The van der Waals surface area contributed by atoms with Crippen molar-refractivity contribution in [3.8, 4) is 0 Å². The molecule has 0 aliphatic carbocycles. The Morgan fingerprint density at radius 2 is 1.88 bits per heavy atom. The molecule has 0 aromatic heterocycles. The largest absolute Gasteiger partial charge is 0.444 e. The van der Waals surface area contributed by atoms with Crippen molar-refractivity contribution in [2.24, 2.45) is 0 Å². The van der Waals surface area contributed by atoms with Gasteiger partial charge in [-0.15, -0.1) is 0 Å². The first kappa shape index (κ1) is 19.2. The first-order chi connectivity index (χ1) is 11.4. The zero-order valence-corrected chi connectivity index (χ0v) is 14.1. The Morgan fingerprint density at radius 1 is 1.24 bits per heavy atom. The smallest absolute Gasteiger partial charge is 0.419 e. The molecule has 8 heteroatoms. The fraction of sp³-hybridized carbons (Fsp3) is 0.529. The summed E-state index contributed by atoms with van der Waals surface area (Å²) >= 11 is 0. The monoisotopic (exact) mass is 361 g/mol. The number of rotatable bonds is 1. The maximum Gasteiger partial charge on any atom is 0.419 e. The maximum atomic E-state index is 13.4. The van der Waals surface area contributed by atoms with Gasteiger partial charge in [0.2, 0.25) is 0 Å². The van der Waals surface area contributed by atoms with E-state index in [-0.39, 0.29) is 25.1 Å². The molecule has 1 unspecified atom stereocenters. The molecule has 138 valence electrons. The molecule has 0 saturated carbocycles. The average molecular weight is 361 g/mol. The summed E-state index contributed by atoms with van der Waals surface area (Å²) in [5, 5.41) is 0. The minimum atomic E-state index is -4.83. The summed E-state index contributed by atoms with van der Waals surface area (Å²) in [4.78, 5) is 25.5. The number of carbonyl (C=O) groups is 2. The van der Waals surface area contributed by atoms with Gasteiger partial charge in [-0.05, 0) is 44.9 Å². The molecule has 4 nitrogen and oxygen atoms in total. The lowest BCUT2D eigenvalue weighted by Gasteiger charge is -2.32. The summed E-state index contributed by atoms with van der Waals surface area (Å²) in [5.41, 5.74) is -2.01. The molecule has 1 aromatic carbocycles. The number of Topliss-reactive ketones (excluding diaryl/α,β-unsaturated/α-hetero) is 1. The predicted octanol–water partition coefficient (Wildman–Crippen LogP) is 4.14. The van der Waals surface area contributed by atoms with Crippen LogP contribution in [-0.2, 0) is 15.7 Å². The molecule has 1 aliphatic rings. The number of carbonyl (C=O) groups excluding carboxylic acids is 2. The van der Waals surface area contributed by atoms with Gasteiger partial charge in [0.15, 0.2) is 5.78 Å².